The van der Waals surface area contributed by atoms with Gasteiger partial charge in [-0.25, -0.2) is 4.79 Å². The summed E-state index contributed by atoms with van der Waals surface area (Å²) in [5.74, 6) is 1.37. The van der Waals surface area contributed by atoms with Gasteiger partial charge in [0.2, 0.25) is 0 Å². The summed E-state index contributed by atoms with van der Waals surface area (Å²) in [6.45, 7) is 2.78. The van der Waals surface area contributed by atoms with Crippen LogP contribution in [0.4, 0.5) is 10.5 Å². The van der Waals surface area contributed by atoms with Crippen molar-refractivity contribution in [1.29, 1.82) is 0 Å². The molecule has 0 saturated carbocycles. The number of urea groups is 1. The van der Waals surface area contributed by atoms with Gasteiger partial charge in [0.1, 0.15) is 18.1 Å². The first-order valence-electron chi connectivity index (χ1n) is 8.95. The second-order valence-electron chi connectivity index (χ2n) is 6.27. The summed E-state index contributed by atoms with van der Waals surface area (Å²) >= 11 is 0. The molecule has 28 heavy (non-hydrogen) atoms. The average molecular weight is 377 g/mol. The lowest BCUT2D eigenvalue weighted by Crippen LogP contribution is -2.28. The number of carbonyl (C=O) groups excluding carboxylic acids is 1. The fraction of sp³-hybridized carbons (Fsp3) is 0.182. The highest BCUT2D eigenvalue weighted by Gasteiger charge is 2.07. The Hall–Kier alpha value is -3.54. The molecular formula is C22H23N3O3. The number of amides is 2. The van der Waals surface area contributed by atoms with Gasteiger partial charge >= 0.3 is 6.03 Å². The van der Waals surface area contributed by atoms with Crippen LogP contribution in [0.2, 0.25) is 0 Å². The van der Waals surface area contributed by atoms with Gasteiger partial charge in [0.05, 0.1) is 18.5 Å². The van der Waals surface area contributed by atoms with Crippen LogP contribution >= 0.6 is 0 Å². The highest BCUT2D eigenvalue weighted by molar-refractivity contribution is 5.91. The van der Waals surface area contributed by atoms with Crippen LogP contribution in [0.3, 0.4) is 0 Å². The van der Waals surface area contributed by atoms with Gasteiger partial charge in [0, 0.05) is 12.7 Å². The fourth-order valence-corrected chi connectivity index (χ4v) is 2.61. The first kappa shape index (κ1) is 19.2. The van der Waals surface area contributed by atoms with Crippen molar-refractivity contribution in [3.63, 3.8) is 0 Å². The van der Waals surface area contributed by atoms with Crippen LogP contribution in [0, 0.1) is 6.92 Å². The topological polar surface area (TPSA) is 72.5 Å². The third-order valence-corrected chi connectivity index (χ3v) is 4.09. The number of hydrogen-bond acceptors (Lipinski definition) is 4. The second-order valence-corrected chi connectivity index (χ2v) is 6.27. The molecule has 2 amide bonds. The lowest BCUT2D eigenvalue weighted by atomic mass is 10.2. The molecule has 3 aromatic rings. The van der Waals surface area contributed by atoms with Gasteiger partial charge in [-0.1, -0.05) is 24.3 Å². The molecule has 6 nitrogen and oxygen atoms in total. The SMILES string of the molecule is COc1ccc(C)cc1NC(=O)NCc1ccc(OCc2ccccn2)cc1. The fourth-order valence-electron chi connectivity index (χ4n) is 2.61. The molecule has 2 N–H and O–H groups in total. The van der Waals surface area contributed by atoms with E-state index in [-0.39, 0.29) is 6.03 Å². The molecule has 0 fully saturated rings. The Morgan fingerprint density at radius 1 is 1.07 bits per heavy atom. The first-order chi connectivity index (χ1) is 13.6. The molecule has 0 aliphatic heterocycles. The average Bonchev–Trinajstić information content (AvgIpc) is 2.72. The molecule has 144 valence electrons. The number of benzene rings is 2. The van der Waals surface area contributed by atoms with Crippen molar-refractivity contribution in [2.24, 2.45) is 0 Å². The zero-order chi connectivity index (χ0) is 19.8. The number of pyridine rings is 1. The van der Waals surface area contributed by atoms with Gasteiger partial charge in [-0.3, -0.25) is 4.98 Å². The zero-order valence-corrected chi connectivity index (χ0v) is 15.9. The number of methoxy groups -OCH3 is 1. The van der Waals surface area contributed by atoms with Crippen molar-refractivity contribution in [2.45, 2.75) is 20.1 Å². The summed E-state index contributed by atoms with van der Waals surface area (Å²) in [5.41, 5.74) is 3.52. The largest absolute Gasteiger partial charge is 0.495 e. The van der Waals surface area contributed by atoms with Crippen molar-refractivity contribution in [3.8, 4) is 11.5 Å². The minimum absolute atomic E-state index is 0.292. The Balaban J connectivity index is 1.49. The molecule has 3 rings (SSSR count). The third-order valence-electron chi connectivity index (χ3n) is 4.09. The van der Waals surface area contributed by atoms with E-state index in [1.165, 1.54) is 0 Å². The maximum atomic E-state index is 12.2. The third kappa shape index (κ3) is 5.48. The number of anilines is 1. The Bertz CT molecular complexity index is 912. The molecule has 0 bridgehead atoms. The number of aromatic nitrogens is 1. The summed E-state index contributed by atoms with van der Waals surface area (Å²) in [7, 11) is 1.57. The number of hydrogen-bond donors (Lipinski definition) is 2. The number of ether oxygens (including phenoxy) is 2. The lowest BCUT2D eigenvalue weighted by Gasteiger charge is -2.12. The van der Waals surface area contributed by atoms with E-state index in [2.05, 4.69) is 15.6 Å². The number of carbonyl (C=O) groups is 1. The summed E-state index contributed by atoms with van der Waals surface area (Å²) in [6, 6.07) is 18.6. The summed E-state index contributed by atoms with van der Waals surface area (Å²) in [5, 5.41) is 5.65. The normalized spacial score (nSPS) is 10.2. The van der Waals surface area contributed by atoms with Gasteiger partial charge in [-0.05, 0) is 54.4 Å². The molecule has 0 saturated heterocycles. The molecule has 0 spiro atoms. The molecule has 1 aromatic heterocycles. The van der Waals surface area contributed by atoms with Crippen molar-refractivity contribution in [1.82, 2.24) is 10.3 Å². The van der Waals surface area contributed by atoms with Gasteiger partial charge < -0.3 is 20.1 Å². The maximum absolute atomic E-state index is 12.2. The summed E-state index contributed by atoms with van der Waals surface area (Å²) in [6.07, 6.45) is 1.74. The predicted molar refractivity (Wildman–Crippen MR) is 109 cm³/mol. The minimum atomic E-state index is -0.292. The minimum Gasteiger partial charge on any atom is -0.495 e. The second kappa shape index (κ2) is 9.41. The van der Waals surface area contributed by atoms with E-state index in [0.717, 1.165) is 22.6 Å². The van der Waals surface area contributed by atoms with Crippen LogP contribution < -0.4 is 20.1 Å². The van der Waals surface area contributed by atoms with E-state index >= 15 is 0 Å². The molecule has 0 radical (unpaired) electrons. The molecule has 2 aromatic carbocycles. The van der Waals surface area contributed by atoms with E-state index in [9.17, 15) is 4.79 Å². The molecule has 0 aliphatic carbocycles. The van der Waals surface area contributed by atoms with Crippen molar-refractivity contribution >= 4 is 11.7 Å². The van der Waals surface area contributed by atoms with Gasteiger partial charge in [0.25, 0.3) is 0 Å². The highest BCUT2D eigenvalue weighted by atomic mass is 16.5. The van der Waals surface area contributed by atoms with Crippen LogP contribution in [-0.4, -0.2) is 18.1 Å². The van der Waals surface area contributed by atoms with E-state index in [1.807, 2.05) is 67.6 Å². The van der Waals surface area contributed by atoms with Crippen molar-refractivity contribution in [2.75, 3.05) is 12.4 Å². The van der Waals surface area contributed by atoms with E-state index in [0.29, 0.717) is 24.6 Å². The Morgan fingerprint density at radius 2 is 1.89 bits per heavy atom. The number of nitrogens with one attached hydrogen (secondary N) is 2. The summed E-state index contributed by atoms with van der Waals surface area (Å²) in [4.78, 5) is 16.4. The van der Waals surface area contributed by atoms with Gasteiger partial charge in [0.15, 0.2) is 0 Å². The van der Waals surface area contributed by atoms with E-state index in [4.69, 9.17) is 9.47 Å². The number of rotatable bonds is 7. The van der Waals surface area contributed by atoms with E-state index < -0.39 is 0 Å². The highest BCUT2D eigenvalue weighted by Crippen LogP contribution is 2.25. The lowest BCUT2D eigenvalue weighted by molar-refractivity contribution is 0.251. The molecule has 6 heteroatoms. The van der Waals surface area contributed by atoms with Crippen LogP contribution in [0.15, 0.2) is 66.9 Å². The number of aryl methyl sites for hydroxylation is 1. The van der Waals surface area contributed by atoms with Crippen LogP contribution in [0.25, 0.3) is 0 Å². The standard InChI is InChI=1S/C22H23N3O3/c1-16-6-11-21(27-2)20(13-16)25-22(26)24-14-17-7-9-19(10-8-17)28-15-18-5-3-4-12-23-18/h3-13H,14-15H2,1-2H3,(H2,24,25,26). The summed E-state index contributed by atoms with van der Waals surface area (Å²) < 4.78 is 11.0. The Morgan fingerprint density at radius 3 is 2.61 bits per heavy atom. The molecule has 0 aliphatic rings. The predicted octanol–water partition coefficient (Wildman–Crippen LogP) is 4.30. The smallest absolute Gasteiger partial charge is 0.319 e. The Kier molecular flexibility index (Phi) is 6.46. The molecule has 0 atom stereocenters. The van der Waals surface area contributed by atoms with E-state index in [1.54, 1.807) is 13.3 Å². The van der Waals surface area contributed by atoms with Gasteiger partial charge in [-0.2, -0.15) is 0 Å². The molecule has 1 heterocycles. The van der Waals surface area contributed by atoms with Crippen LogP contribution in [0.1, 0.15) is 16.8 Å². The van der Waals surface area contributed by atoms with Crippen molar-refractivity contribution < 1.29 is 14.3 Å². The molecule has 0 unspecified atom stereocenters. The first-order valence-corrected chi connectivity index (χ1v) is 8.95. The maximum Gasteiger partial charge on any atom is 0.319 e. The zero-order valence-electron chi connectivity index (χ0n) is 15.9. The molecular weight excluding hydrogens is 354 g/mol. The monoisotopic (exact) mass is 377 g/mol. The van der Waals surface area contributed by atoms with Crippen molar-refractivity contribution in [3.05, 3.63) is 83.7 Å². The van der Waals surface area contributed by atoms with Crippen LogP contribution in [-0.2, 0) is 13.2 Å². The van der Waals surface area contributed by atoms with Crippen LogP contribution in [0.5, 0.6) is 11.5 Å². The quantitative estimate of drug-likeness (QED) is 0.644. The number of nitrogens with zero attached hydrogens (tertiary/aromatic N) is 1. The van der Waals surface area contributed by atoms with Gasteiger partial charge in [-0.15, -0.1) is 0 Å². The Labute approximate surface area is 164 Å².